The summed E-state index contributed by atoms with van der Waals surface area (Å²) in [5, 5.41) is 8.60. The number of nitrogens with zero attached hydrogens (tertiary/aromatic N) is 3. The SMILES string of the molecule is Br.CN(C)c1cc(C(=O)CN2Cc3ccc(C4CC4)nc3C2=N)cc(C(C)(C)C)c1OS(C)(=O)=O. The Bertz CT molecular complexity index is 1280. The number of anilines is 1. The maximum absolute atomic E-state index is 13.4. The largest absolute Gasteiger partial charge is 0.380 e. The van der Waals surface area contributed by atoms with Crippen LogP contribution in [-0.4, -0.2) is 56.8 Å². The molecule has 1 aliphatic carbocycles. The van der Waals surface area contributed by atoms with Crippen LogP contribution in [-0.2, 0) is 22.1 Å². The summed E-state index contributed by atoms with van der Waals surface area (Å²) >= 11 is 0. The number of aromatic nitrogens is 1. The van der Waals surface area contributed by atoms with Crippen LogP contribution in [0.5, 0.6) is 5.75 Å². The molecule has 1 aromatic heterocycles. The van der Waals surface area contributed by atoms with Gasteiger partial charge in [0.25, 0.3) is 0 Å². The molecule has 10 heteroatoms. The number of rotatable bonds is 7. The second-order valence-electron chi connectivity index (χ2n) is 10.4. The van der Waals surface area contributed by atoms with Gasteiger partial charge in [-0.15, -0.1) is 17.0 Å². The number of carbonyl (C=O) groups is 1. The first kappa shape index (κ1) is 27.1. The van der Waals surface area contributed by atoms with E-state index in [0.29, 0.717) is 35.0 Å². The fraction of sp³-hybridized carbons (Fsp3) is 0.480. The number of ketones is 1. The van der Waals surface area contributed by atoms with Gasteiger partial charge in [0.05, 0.1) is 18.5 Å². The molecule has 0 spiro atoms. The van der Waals surface area contributed by atoms with Crippen molar-refractivity contribution < 1.29 is 17.4 Å². The van der Waals surface area contributed by atoms with Crippen LogP contribution in [0, 0.1) is 5.41 Å². The molecular formula is C25H33BrN4O4S. The van der Waals surface area contributed by atoms with Gasteiger partial charge in [-0.3, -0.25) is 10.2 Å². The van der Waals surface area contributed by atoms with E-state index in [-0.39, 0.29) is 40.9 Å². The van der Waals surface area contributed by atoms with Crippen molar-refractivity contribution in [2.45, 2.75) is 51.5 Å². The summed E-state index contributed by atoms with van der Waals surface area (Å²) in [6.07, 6.45) is 3.30. The molecule has 4 rings (SSSR count). The highest BCUT2D eigenvalue weighted by Gasteiger charge is 2.32. The van der Waals surface area contributed by atoms with Gasteiger partial charge in [0.2, 0.25) is 0 Å². The highest BCUT2D eigenvalue weighted by molar-refractivity contribution is 8.93. The Morgan fingerprint density at radius 1 is 1.23 bits per heavy atom. The van der Waals surface area contributed by atoms with E-state index in [0.717, 1.165) is 30.4 Å². The third-order valence-corrected chi connectivity index (χ3v) is 6.62. The molecule has 1 N–H and O–H groups in total. The van der Waals surface area contributed by atoms with E-state index in [1.54, 1.807) is 36.0 Å². The van der Waals surface area contributed by atoms with Gasteiger partial charge in [-0.05, 0) is 36.5 Å². The Kier molecular flexibility index (Phi) is 7.39. The lowest BCUT2D eigenvalue weighted by atomic mass is 9.84. The Morgan fingerprint density at radius 3 is 2.43 bits per heavy atom. The lowest BCUT2D eigenvalue weighted by Crippen LogP contribution is -2.31. The number of nitrogens with one attached hydrogen (secondary N) is 1. The molecule has 8 nitrogen and oxygen atoms in total. The molecule has 0 unspecified atom stereocenters. The Morgan fingerprint density at radius 2 is 1.89 bits per heavy atom. The third kappa shape index (κ3) is 5.86. The van der Waals surface area contributed by atoms with Gasteiger partial charge in [0, 0.05) is 48.9 Å². The minimum atomic E-state index is -3.77. The summed E-state index contributed by atoms with van der Waals surface area (Å²) in [5.41, 5.74) is 3.77. The number of carbonyl (C=O) groups excluding carboxylic acids is 1. The summed E-state index contributed by atoms with van der Waals surface area (Å²) < 4.78 is 29.3. The number of Topliss-reactive ketones (excluding diaryl/α,β-unsaturated/α-hetero) is 1. The minimum Gasteiger partial charge on any atom is -0.380 e. The zero-order valence-corrected chi connectivity index (χ0v) is 23.5. The predicted octanol–water partition coefficient (Wildman–Crippen LogP) is 4.26. The first-order valence-electron chi connectivity index (χ1n) is 11.4. The summed E-state index contributed by atoms with van der Waals surface area (Å²) in [7, 11) is -0.208. The number of halogens is 1. The van der Waals surface area contributed by atoms with Crippen LogP contribution in [0.15, 0.2) is 24.3 Å². The van der Waals surface area contributed by atoms with Gasteiger partial charge in [-0.25, -0.2) is 4.98 Å². The number of fused-ring (bicyclic) bond motifs is 1. The van der Waals surface area contributed by atoms with E-state index in [1.807, 2.05) is 32.9 Å². The van der Waals surface area contributed by atoms with Crippen molar-refractivity contribution in [3.8, 4) is 5.75 Å². The molecule has 2 aliphatic rings. The first-order chi connectivity index (χ1) is 15.7. The molecule has 0 bridgehead atoms. The smallest absolute Gasteiger partial charge is 0.306 e. The normalized spacial score (nSPS) is 15.5. The van der Waals surface area contributed by atoms with Crippen LogP contribution in [0.1, 0.15) is 72.4 Å². The average molecular weight is 566 g/mol. The predicted molar refractivity (Wildman–Crippen MR) is 143 cm³/mol. The zero-order valence-electron chi connectivity index (χ0n) is 21.0. The fourth-order valence-electron chi connectivity index (χ4n) is 4.18. The van der Waals surface area contributed by atoms with Gasteiger partial charge < -0.3 is 14.0 Å². The molecule has 35 heavy (non-hydrogen) atoms. The van der Waals surface area contributed by atoms with Crippen molar-refractivity contribution in [2.75, 3.05) is 31.8 Å². The number of amidine groups is 1. The quantitative estimate of drug-likeness (QED) is 0.395. The van der Waals surface area contributed by atoms with Crippen LogP contribution < -0.4 is 9.08 Å². The molecule has 1 aromatic carbocycles. The maximum atomic E-state index is 13.4. The average Bonchev–Trinajstić information content (AvgIpc) is 3.51. The molecule has 0 atom stereocenters. The fourth-order valence-corrected chi connectivity index (χ4v) is 4.66. The molecule has 1 aliphatic heterocycles. The molecular weight excluding hydrogens is 532 g/mol. The van der Waals surface area contributed by atoms with Crippen LogP contribution in [0.4, 0.5) is 5.69 Å². The van der Waals surface area contributed by atoms with Crippen molar-refractivity contribution in [1.82, 2.24) is 9.88 Å². The van der Waals surface area contributed by atoms with E-state index in [4.69, 9.17) is 14.6 Å². The van der Waals surface area contributed by atoms with Gasteiger partial charge in [0.1, 0.15) is 11.5 Å². The minimum absolute atomic E-state index is 0. The van der Waals surface area contributed by atoms with Crippen molar-refractivity contribution in [3.63, 3.8) is 0 Å². The summed E-state index contributed by atoms with van der Waals surface area (Å²) in [4.78, 5) is 21.6. The summed E-state index contributed by atoms with van der Waals surface area (Å²) in [5.74, 6) is 0.850. The molecule has 1 saturated carbocycles. The van der Waals surface area contributed by atoms with E-state index in [2.05, 4.69) is 0 Å². The molecule has 0 radical (unpaired) electrons. The van der Waals surface area contributed by atoms with E-state index < -0.39 is 15.5 Å². The summed E-state index contributed by atoms with van der Waals surface area (Å²) in [6.45, 7) is 6.35. The van der Waals surface area contributed by atoms with Gasteiger partial charge in [-0.2, -0.15) is 8.42 Å². The molecule has 0 amide bonds. The monoisotopic (exact) mass is 564 g/mol. The van der Waals surface area contributed by atoms with Gasteiger partial charge in [-0.1, -0.05) is 26.8 Å². The van der Waals surface area contributed by atoms with E-state index in [1.165, 1.54) is 0 Å². The second-order valence-corrected chi connectivity index (χ2v) is 12.0. The van der Waals surface area contributed by atoms with Gasteiger partial charge >= 0.3 is 10.1 Å². The van der Waals surface area contributed by atoms with Crippen LogP contribution >= 0.6 is 17.0 Å². The van der Waals surface area contributed by atoms with Crippen LogP contribution in [0.3, 0.4) is 0 Å². The van der Waals surface area contributed by atoms with E-state index >= 15 is 0 Å². The van der Waals surface area contributed by atoms with Crippen molar-refractivity contribution >= 4 is 44.4 Å². The maximum Gasteiger partial charge on any atom is 0.306 e. The molecule has 0 saturated heterocycles. The number of pyridine rings is 1. The zero-order chi connectivity index (χ0) is 25.0. The van der Waals surface area contributed by atoms with Gasteiger partial charge in [0.15, 0.2) is 11.5 Å². The Balaban J connectivity index is 0.00000342. The number of hydrogen-bond acceptors (Lipinski definition) is 7. The standard InChI is InChI=1S/C25H32N4O4S.BrH/c1-25(2,3)18-11-17(12-20(28(4)5)23(18)33-34(6,31)32)21(30)14-29-13-16-9-10-19(15-7-8-15)27-22(16)24(29)26;/h9-12,15,26H,7-8,13-14H2,1-6H3;1H. The topological polar surface area (TPSA) is 104 Å². The van der Waals surface area contributed by atoms with Crippen molar-refractivity contribution in [3.05, 3.63) is 52.3 Å². The lowest BCUT2D eigenvalue weighted by Gasteiger charge is -2.27. The van der Waals surface area contributed by atoms with Crippen LogP contribution in [0.2, 0.25) is 0 Å². The molecule has 1 fully saturated rings. The lowest BCUT2D eigenvalue weighted by molar-refractivity contribution is 0.0962. The highest BCUT2D eigenvalue weighted by atomic mass is 79.9. The molecule has 2 heterocycles. The Labute approximate surface area is 218 Å². The van der Waals surface area contributed by atoms with Crippen molar-refractivity contribution in [2.24, 2.45) is 0 Å². The van der Waals surface area contributed by atoms with Crippen molar-refractivity contribution in [1.29, 1.82) is 5.41 Å². The molecule has 190 valence electrons. The first-order valence-corrected chi connectivity index (χ1v) is 13.2. The molecule has 2 aromatic rings. The number of hydrogen-bond donors (Lipinski definition) is 1. The van der Waals surface area contributed by atoms with E-state index in [9.17, 15) is 13.2 Å². The Hall–Kier alpha value is -2.46. The number of benzene rings is 1. The summed E-state index contributed by atoms with van der Waals surface area (Å²) in [6, 6.07) is 7.43. The second kappa shape index (κ2) is 9.54. The highest BCUT2D eigenvalue weighted by Crippen LogP contribution is 2.41. The third-order valence-electron chi connectivity index (χ3n) is 6.15. The van der Waals surface area contributed by atoms with Crippen LogP contribution in [0.25, 0.3) is 0 Å².